The van der Waals surface area contributed by atoms with Gasteiger partial charge in [0.1, 0.15) is 6.23 Å². The van der Waals surface area contributed by atoms with E-state index in [4.69, 9.17) is 5.21 Å². The van der Waals surface area contributed by atoms with Gasteiger partial charge >= 0.3 is 6.18 Å². The predicted molar refractivity (Wildman–Crippen MR) is 113 cm³/mol. The highest BCUT2D eigenvalue weighted by Gasteiger charge is 2.34. The monoisotopic (exact) mass is 452 g/mol. The fourth-order valence-corrected chi connectivity index (χ4v) is 3.95. The second-order valence-electron chi connectivity index (χ2n) is 8.37. The van der Waals surface area contributed by atoms with E-state index in [1.165, 1.54) is 0 Å². The van der Waals surface area contributed by atoms with Gasteiger partial charge < -0.3 is 10.0 Å². The van der Waals surface area contributed by atoms with Gasteiger partial charge in [0.05, 0.1) is 23.7 Å². The minimum Gasteiger partial charge on any atom is -0.374 e. The summed E-state index contributed by atoms with van der Waals surface area (Å²) < 4.78 is 40.2. The second kappa shape index (κ2) is 9.53. The van der Waals surface area contributed by atoms with E-state index in [2.05, 4.69) is 10.3 Å². The van der Waals surface area contributed by atoms with Crippen molar-refractivity contribution in [2.75, 3.05) is 20.6 Å². The number of carbonyl (C=O) groups is 1. The first-order valence-corrected chi connectivity index (χ1v) is 10.2. The van der Waals surface area contributed by atoms with E-state index in [1.54, 1.807) is 48.8 Å². The zero-order chi connectivity index (χ0) is 23.6. The number of rotatable bonds is 6. The predicted octanol–water partition coefficient (Wildman–Crippen LogP) is 2.42. The summed E-state index contributed by atoms with van der Waals surface area (Å²) >= 11 is 0. The number of amides is 1. The maximum absolute atomic E-state index is 13.4. The Morgan fingerprint density at radius 2 is 2.03 bits per heavy atom. The van der Waals surface area contributed by atoms with Crippen LogP contribution in [0.15, 0.2) is 47.0 Å². The lowest BCUT2D eigenvalue weighted by atomic mass is 9.81. The number of nitrogens with zero attached hydrogens (tertiary/aromatic N) is 2. The summed E-state index contributed by atoms with van der Waals surface area (Å²) in [5, 5.41) is 22.6. The molecule has 1 aromatic rings. The molecule has 3 rings (SSSR count). The molecular weight excluding hydrogens is 425 g/mol. The number of benzene rings is 1. The van der Waals surface area contributed by atoms with Crippen LogP contribution in [0.2, 0.25) is 0 Å². The van der Waals surface area contributed by atoms with Crippen LogP contribution in [0, 0.1) is 11.8 Å². The summed E-state index contributed by atoms with van der Waals surface area (Å²) in [6.07, 6.45) is -0.593. The van der Waals surface area contributed by atoms with E-state index >= 15 is 0 Å². The molecule has 0 aromatic heterocycles. The third kappa shape index (κ3) is 5.44. The molecule has 4 unspecified atom stereocenters. The van der Waals surface area contributed by atoms with E-state index in [9.17, 15) is 23.1 Å². The Hall–Kier alpha value is -2.53. The molecule has 4 N–H and O–H groups in total. The molecule has 1 heterocycles. The number of hydrogen-bond donors (Lipinski definition) is 4. The van der Waals surface area contributed by atoms with Crippen LogP contribution >= 0.6 is 0 Å². The lowest BCUT2D eigenvalue weighted by Gasteiger charge is -2.33. The lowest BCUT2D eigenvalue weighted by molar-refractivity contribution is -0.137. The molecule has 1 aliphatic carbocycles. The number of halogens is 3. The number of aliphatic imine (C=N–C) groups is 1. The third-order valence-electron chi connectivity index (χ3n) is 5.58. The van der Waals surface area contributed by atoms with Crippen LogP contribution in [-0.2, 0) is 17.5 Å². The Kier molecular flexibility index (Phi) is 7.19. The first kappa shape index (κ1) is 24.1. The average Bonchev–Trinajstić information content (AvgIpc) is 2.73. The molecule has 0 bridgehead atoms. The van der Waals surface area contributed by atoms with Crippen molar-refractivity contribution in [1.82, 2.24) is 15.7 Å². The Morgan fingerprint density at radius 1 is 1.31 bits per heavy atom. The van der Waals surface area contributed by atoms with Gasteiger partial charge in [0.15, 0.2) is 0 Å². The van der Waals surface area contributed by atoms with Crippen molar-refractivity contribution >= 4 is 11.6 Å². The maximum Gasteiger partial charge on any atom is 0.416 e. The molecule has 0 spiro atoms. The molecule has 7 nitrogen and oxygen atoms in total. The van der Waals surface area contributed by atoms with Crippen molar-refractivity contribution in [2.45, 2.75) is 31.9 Å². The van der Waals surface area contributed by atoms with Gasteiger partial charge in [-0.25, -0.2) is 5.48 Å². The van der Waals surface area contributed by atoms with Gasteiger partial charge in [0, 0.05) is 18.5 Å². The standard InChI is InChI=1S/C22H27F3N4O3/c1-12-17-9-15(21(31)28-32)10-26-19(17)5-4-18(12)27-20(30)14-6-13(11-29(2)3)7-16(8-14)22(23,24)25/h4-9,12,15,18,20,27,30,32H,10-11H2,1-3H3,(H,28,31). The highest BCUT2D eigenvalue weighted by atomic mass is 19.4. The molecule has 0 radical (unpaired) electrons. The molecular formula is C22H27F3N4O3. The molecule has 2 aliphatic rings. The maximum atomic E-state index is 13.4. The summed E-state index contributed by atoms with van der Waals surface area (Å²) in [5.41, 5.74) is 2.84. The Balaban J connectivity index is 1.84. The number of nitrogens with one attached hydrogen (secondary N) is 2. The van der Waals surface area contributed by atoms with Crippen LogP contribution in [0.3, 0.4) is 0 Å². The number of fused-ring (bicyclic) bond motifs is 1. The number of dihydropyridines is 1. The van der Waals surface area contributed by atoms with Crippen molar-refractivity contribution < 1.29 is 28.3 Å². The zero-order valence-corrected chi connectivity index (χ0v) is 18.0. The fraction of sp³-hybridized carbons (Fsp3) is 0.455. The minimum absolute atomic E-state index is 0.117. The summed E-state index contributed by atoms with van der Waals surface area (Å²) in [4.78, 5) is 17.9. The van der Waals surface area contributed by atoms with Gasteiger partial charge in [0.2, 0.25) is 0 Å². The van der Waals surface area contributed by atoms with E-state index < -0.39 is 35.8 Å². The van der Waals surface area contributed by atoms with Crippen LogP contribution < -0.4 is 10.8 Å². The van der Waals surface area contributed by atoms with Crippen LogP contribution in [0.4, 0.5) is 13.2 Å². The average molecular weight is 452 g/mol. The van der Waals surface area contributed by atoms with Gasteiger partial charge in [-0.1, -0.05) is 25.1 Å². The van der Waals surface area contributed by atoms with E-state index in [1.807, 2.05) is 6.92 Å². The normalized spacial score (nSPS) is 24.0. The molecule has 0 fully saturated rings. The molecule has 0 saturated heterocycles. The molecule has 10 heteroatoms. The number of carbonyl (C=O) groups excluding carboxylic acids is 1. The smallest absolute Gasteiger partial charge is 0.374 e. The molecule has 0 saturated carbocycles. The second-order valence-corrected chi connectivity index (χ2v) is 8.37. The van der Waals surface area contributed by atoms with E-state index in [0.717, 1.165) is 17.7 Å². The van der Waals surface area contributed by atoms with Crippen molar-refractivity contribution in [2.24, 2.45) is 16.8 Å². The van der Waals surface area contributed by atoms with Crippen LogP contribution in [-0.4, -0.2) is 53.5 Å². The van der Waals surface area contributed by atoms with Crippen molar-refractivity contribution in [3.05, 3.63) is 58.7 Å². The van der Waals surface area contributed by atoms with E-state index in [0.29, 0.717) is 17.8 Å². The molecule has 174 valence electrons. The number of hydroxylamine groups is 1. The number of aliphatic hydroxyl groups excluding tert-OH is 1. The van der Waals surface area contributed by atoms with E-state index in [-0.39, 0.29) is 18.0 Å². The van der Waals surface area contributed by atoms with Crippen LogP contribution in [0.1, 0.15) is 29.8 Å². The number of allylic oxidation sites excluding steroid dienone is 1. The Bertz CT molecular complexity index is 956. The first-order valence-electron chi connectivity index (χ1n) is 10.2. The van der Waals surface area contributed by atoms with Gasteiger partial charge in [-0.05, 0) is 49.0 Å². The summed E-state index contributed by atoms with van der Waals surface area (Å²) in [6, 6.07) is 3.18. The number of hydrogen-bond acceptors (Lipinski definition) is 6. The van der Waals surface area contributed by atoms with Gasteiger partial charge in [-0.2, -0.15) is 13.2 Å². The number of aliphatic hydroxyl groups is 1. The topological polar surface area (TPSA) is 97.2 Å². The largest absolute Gasteiger partial charge is 0.416 e. The Morgan fingerprint density at radius 3 is 2.66 bits per heavy atom. The van der Waals surface area contributed by atoms with Crippen molar-refractivity contribution in [1.29, 1.82) is 0 Å². The van der Waals surface area contributed by atoms with Crippen molar-refractivity contribution in [3.8, 4) is 0 Å². The van der Waals surface area contributed by atoms with Gasteiger partial charge in [-0.3, -0.25) is 20.3 Å². The minimum atomic E-state index is -4.53. The van der Waals surface area contributed by atoms with Crippen LogP contribution in [0.5, 0.6) is 0 Å². The molecule has 1 aromatic carbocycles. The highest BCUT2D eigenvalue weighted by Crippen LogP contribution is 2.33. The zero-order valence-electron chi connectivity index (χ0n) is 18.0. The molecule has 32 heavy (non-hydrogen) atoms. The Labute approximate surface area is 184 Å². The SMILES string of the molecule is CC1C2=CC(C(=O)NO)CN=C2C=CC1NC(O)c1cc(CN(C)C)cc(C(F)(F)F)c1. The summed E-state index contributed by atoms with van der Waals surface area (Å²) in [5.74, 6) is -1.39. The summed E-state index contributed by atoms with van der Waals surface area (Å²) in [6.45, 7) is 2.38. The van der Waals surface area contributed by atoms with Gasteiger partial charge in [-0.15, -0.1) is 0 Å². The highest BCUT2D eigenvalue weighted by molar-refractivity contribution is 6.11. The quantitative estimate of drug-likeness (QED) is 0.302. The fourth-order valence-electron chi connectivity index (χ4n) is 3.95. The third-order valence-corrected chi connectivity index (χ3v) is 5.58. The van der Waals surface area contributed by atoms with Crippen LogP contribution in [0.25, 0.3) is 0 Å². The van der Waals surface area contributed by atoms with Gasteiger partial charge in [0.25, 0.3) is 5.91 Å². The number of alkyl halides is 3. The first-order chi connectivity index (χ1) is 15.0. The molecule has 1 aliphatic heterocycles. The molecule has 1 amide bonds. The summed E-state index contributed by atoms with van der Waals surface area (Å²) in [7, 11) is 3.51. The molecule has 4 atom stereocenters. The van der Waals surface area contributed by atoms with Crippen molar-refractivity contribution in [3.63, 3.8) is 0 Å². The lowest BCUT2D eigenvalue weighted by Crippen LogP contribution is -2.42.